The van der Waals surface area contributed by atoms with Crippen molar-refractivity contribution in [2.45, 2.75) is 39.7 Å². The largest absolute Gasteiger partial charge is 0.467 e. The van der Waals surface area contributed by atoms with Gasteiger partial charge in [-0.3, -0.25) is 4.79 Å². The van der Waals surface area contributed by atoms with Gasteiger partial charge in [-0.1, -0.05) is 23.5 Å². The van der Waals surface area contributed by atoms with Crippen molar-refractivity contribution < 1.29 is 13.9 Å². The topological polar surface area (TPSA) is 55.6 Å². The maximum atomic E-state index is 12.7. The van der Waals surface area contributed by atoms with E-state index in [-0.39, 0.29) is 12.0 Å². The molecule has 5 nitrogen and oxygen atoms in total. The van der Waals surface area contributed by atoms with Gasteiger partial charge in [0.2, 0.25) is 0 Å². The zero-order valence-electron chi connectivity index (χ0n) is 15.2. The molecule has 1 aromatic carbocycles. The summed E-state index contributed by atoms with van der Waals surface area (Å²) >= 11 is 1.59. The first-order valence-electron chi connectivity index (χ1n) is 8.90. The smallest absolute Gasteiger partial charge is 0.274 e. The molecule has 3 heterocycles. The number of thiazole rings is 1. The zero-order valence-corrected chi connectivity index (χ0v) is 16.1. The van der Waals surface area contributed by atoms with Crippen molar-refractivity contribution >= 4 is 27.5 Å². The average Bonchev–Trinajstić information content (AvgIpc) is 3.18. The minimum Gasteiger partial charge on any atom is -0.467 e. The van der Waals surface area contributed by atoms with Gasteiger partial charge in [-0.15, -0.1) is 0 Å². The second kappa shape index (κ2) is 6.76. The van der Waals surface area contributed by atoms with Gasteiger partial charge in [-0.05, 0) is 38.5 Å². The highest BCUT2D eigenvalue weighted by Crippen LogP contribution is 2.31. The van der Waals surface area contributed by atoms with Gasteiger partial charge in [0.25, 0.3) is 11.1 Å². The Balaban J connectivity index is 1.39. The maximum Gasteiger partial charge on any atom is 0.274 e. The van der Waals surface area contributed by atoms with Crippen LogP contribution in [-0.4, -0.2) is 35.0 Å². The number of carbonyl (C=O) groups excluding carboxylic acids is 1. The first-order valence-corrected chi connectivity index (χ1v) is 9.72. The van der Waals surface area contributed by atoms with Crippen LogP contribution in [0.15, 0.2) is 28.7 Å². The Morgan fingerprint density at radius 1 is 1.27 bits per heavy atom. The predicted molar refractivity (Wildman–Crippen MR) is 102 cm³/mol. The molecule has 3 aromatic rings. The van der Waals surface area contributed by atoms with Crippen LogP contribution >= 0.6 is 11.3 Å². The third-order valence-electron chi connectivity index (χ3n) is 4.87. The molecule has 0 saturated carbocycles. The summed E-state index contributed by atoms with van der Waals surface area (Å²) in [5, 5.41) is 0.723. The van der Waals surface area contributed by atoms with E-state index in [1.807, 2.05) is 30.9 Å². The number of para-hydroxylation sites is 1. The van der Waals surface area contributed by atoms with Crippen molar-refractivity contribution in [3.8, 4) is 5.19 Å². The number of likely N-dealkylation sites (tertiary alicyclic amines) is 1. The van der Waals surface area contributed by atoms with E-state index in [9.17, 15) is 4.79 Å². The minimum atomic E-state index is 0.0495. The number of furan rings is 1. The molecular weight excluding hydrogens is 348 g/mol. The molecule has 0 N–H and O–H groups in total. The van der Waals surface area contributed by atoms with Gasteiger partial charge in [0.15, 0.2) is 0 Å². The lowest BCUT2D eigenvalue weighted by atomic mass is 10.1. The Kier molecular flexibility index (Phi) is 4.44. The van der Waals surface area contributed by atoms with E-state index < -0.39 is 0 Å². The molecule has 0 atom stereocenters. The minimum absolute atomic E-state index is 0.0495. The molecule has 1 aliphatic rings. The van der Waals surface area contributed by atoms with Crippen molar-refractivity contribution in [1.29, 1.82) is 0 Å². The van der Waals surface area contributed by atoms with Crippen LogP contribution in [0.5, 0.6) is 5.19 Å². The molecule has 1 aliphatic heterocycles. The number of rotatable bonds is 3. The second-order valence-electron chi connectivity index (χ2n) is 6.84. The van der Waals surface area contributed by atoms with Crippen LogP contribution in [-0.2, 0) is 0 Å². The third kappa shape index (κ3) is 3.21. The number of nitrogens with zero attached hydrogens (tertiary/aromatic N) is 2. The molecule has 0 aliphatic carbocycles. The summed E-state index contributed by atoms with van der Waals surface area (Å²) in [4.78, 5) is 19.2. The Bertz CT molecular complexity index is 951. The number of aryl methyl sites for hydroxylation is 3. The van der Waals surface area contributed by atoms with Crippen LogP contribution in [0.1, 0.15) is 40.3 Å². The van der Waals surface area contributed by atoms with Crippen LogP contribution in [0.3, 0.4) is 0 Å². The summed E-state index contributed by atoms with van der Waals surface area (Å²) in [6.07, 6.45) is 1.74. The number of hydrogen-bond donors (Lipinski definition) is 0. The highest BCUT2D eigenvalue weighted by Gasteiger charge is 2.27. The average molecular weight is 370 g/mol. The van der Waals surface area contributed by atoms with Crippen LogP contribution in [0.4, 0.5) is 0 Å². The third-order valence-corrected chi connectivity index (χ3v) is 5.78. The first kappa shape index (κ1) is 17.1. The SMILES string of the molecule is Cc1cc(C(=O)N2CCC(Oc3nc4c(C)cccc4s3)CC2)c(C)o1. The van der Waals surface area contributed by atoms with E-state index in [4.69, 9.17) is 9.15 Å². The molecule has 4 rings (SSSR count). The van der Waals surface area contributed by atoms with Gasteiger partial charge in [0.05, 0.1) is 15.8 Å². The Hall–Kier alpha value is -2.34. The Morgan fingerprint density at radius 2 is 2.04 bits per heavy atom. The van der Waals surface area contributed by atoms with E-state index in [1.165, 1.54) is 5.56 Å². The molecule has 2 aromatic heterocycles. The lowest BCUT2D eigenvalue weighted by molar-refractivity contribution is 0.0594. The van der Waals surface area contributed by atoms with Crippen molar-refractivity contribution in [1.82, 2.24) is 9.88 Å². The number of piperidine rings is 1. The summed E-state index contributed by atoms with van der Waals surface area (Å²) in [6, 6.07) is 8.01. The predicted octanol–water partition coefficient (Wildman–Crippen LogP) is 4.50. The van der Waals surface area contributed by atoms with Gasteiger partial charge in [0.1, 0.15) is 17.6 Å². The zero-order chi connectivity index (χ0) is 18.3. The molecule has 6 heteroatoms. The number of amides is 1. The lowest BCUT2D eigenvalue weighted by Gasteiger charge is -2.31. The fourth-order valence-electron chi connectivity index (χ4n) is 3.45. The van der Waals surface area contributed by atoms with Crippen molar-refractivity contribution in [3.05, 3.63) is 46.9 Å². The molecule has 136 valence electrons. The van der Waals surface area contributed by atoms with Crippen molar-refractivity contribution in [2.24, 2.45) is 0 Å². The highest BCUT2D eigenvalue weighted by molar-refractivity contribution is 7.20. The van der Waals surface area contributed by atoms with E-state index in [0.717, 1.165) is 34.0 Å². The number of fused-ring (bicyclic) bond motifs is 1. The molecule has 1 amide bonds. The summed E-state index contributed by atoms with van der Waals surface area (Å²) in [6.45, 7) is 7.15. The number of ether oxygens (including phenoxy) is 1. The van der Waals surface area contributed by atoms with Crippen molar-refractivity contribution in [3.63, 3.8) is 0 Å². The Morgan fingerprint density at radius 3 is 2.69 bits per heavy atom. The van der Waals surface area contributed by atoms with Crippen LogP contribution < -0.4 is 4.74 Å². The first-order chi connectivity index (χ1) is 12.5. The molecule has 1 fully saturated rings. The molecule has 0 bridgehead atoms. The number of benzene rings is 1. The van der Waals surface area contributed by atoms with Crippen LogP contribution in [0.25, 0.3) is 10.2 Å². The number of hydrogen-bond acceptors (Lipinski definition) is 5. The van der Waals surface area contributed by atoms with E-state index in [2.05, 4.69) is 24.0 Å². The Labute approximate surface area is 156 Å². The van der Waals surface area contributed by atoms with Gasteiger partial charge >= 0.3 is 0 Å². The summed E-state index contributed by atoms with van der Waals surface area (Å²) < 4.78 is 12.7. The van der Waals surface area contributed by atoms with Gasteiger partial charge < -0.3 is 14.1 Å². The molecule has 1 saturated heterocycles. The fourth-order valence-corrected chi connectivity index (χ4v) is 4.41. The summed E-state index contributed by atoms with van der Waals surface area (Å²) in [7, 11) is 0. The van der Waals surface area contributed by atoms with E-state index in [1.54, 1.807) is 11.3 Å². The van der Waals surface area contributed by atoms with Gasteiger partial charge in [-0.25, -0.2) is 4.98 Å². The fraction of sp³-hybridized carbons (Fsp3) is 0.400. The standard InChI is InChI=1S/C20H22N2O3S/c1-12-5-4-6-17-18(12)21-20(26-17)25-15-7-9-22(10-8-15)19(23)16-11-13(2)24-14(16)3/h4-6,11,15H,7-10H2,1-3H3. The molecule has 0 radical (unpaired) electrons. The lowest BCUT2D eigenvalue weighted by Crippen LogP contribution is -2.41. The van der Waals surface area contributed by atoms with Gasteiger partial charge in [-0.2, -0.15) is 0 Å². The van der Waals surface area contributed by atoms with E-state index >= 15 is 0 Å². The molecular formula is C20H22N2O3S. The second-order valence-corrected chi connectivity index (χ2v) is 7.83. The molecule has 26 heavy (non-hydrogen) atoms. The van der Waals surface area contributed by atoms with E-state index in [0.29, 0.717) is 24.4 Å². The monoisotopic (exact) mass is 370 g/mol. The maximum absolute atomic E-state index is 12.7. The van der Waals surface area contributed by atoms with Crippen LogP contribution in [0, 0.1) is 20.8 Å². The number of carbonyl (C=O) groups is 1. The molecule has 0 spiro atoms. The number of aromatic nitrogens is 1. The van der Waals surface area contributed by atoms with Crippen LogP contribution in [0.2, 0.25) is 0 Å². The normalized spacial score (nSPS) is 15.6. The quantitative estimate of drug-likeness (QED) is 0.681. The molecule has 0 unspecified atom stereocenters. The van der Waals surface area contributed by atoms with Gasteiger partial charge in [0, 0.05) is 25.9 Å². The summed E-state index contributed by atoms with van der Waals surface area (Å²) in [5.74, 6) is 1.51. The summed E-state index contributed by atoms with van der Waals surface area (Å²) in [5.41, 5.74) is 2.86. The van der Waals surface area contributed by atoms with Crippen molar-refractivity contribution in [2.75, 3.05) is 13.1 Å². The highest BCUT2D eigenvalue weighted by atomic mass is 32.1.